The Bertz CT molecular complexity index is 542. The van der Waals surface area contributed by atoms with E-state index in [0.717, 1.165) is 23.6 Å². The summed E-state index contributed by atoms with van der Waals surface area (Å²) >= 11 is 6.15. The molecule has 0 atom stereocenters. The van der Waals surface area contributed by atoms with Gasteiger partial charge in [0, 0.05) is 19.2 Å². The van der Waals surface area contributed by atoms with Gasteiger partial charge in [-0.2, -0.15) is 0 Å². The van der Waals surface area contributed by atoms with E-state index in [-0.39, 0.29) is 0 Å². The van der Waals surface area contributed by atoms with Crippen molar-refractivity contribution in [2.75, 3.05) is 33.5 Å². The van der Waals surface area contributed by atoms with Crippen molar-refractivity contribution in [1.29, 1.82) is 0 Å². The number of halogens is 1. The predicted molar refractivity (Wildman–Crippen MR) is 83.6 cm³/mol. The lowest BCUT2D eigenvalue weighted by atomic mass is 10.2. The van der Waals surface area contributed by atoms with Crippen molar-refractivity contribution in [3.63, 3.8) is 0 Å². The molecule has 1 aromatic carbocycles. The zero-order valence-corrected chi connectivity index (χ0v) is 12.9. The standard InChI is InChI=1S/C16H20ClNO3/c1-19-10-11-20-9-8-18-12-13-6-7-16(21-13)14-4-2-3-5-15(14)17/h2-7,18H,8-12H2,1H3. The molecule has 0 spiro atoms. The first kappa shape index (κ1) is 16.0. The van der Waals surface area contributed by atoms with Crippen LogP contribution < -0.4 is 5.32 Å². The summed E-state index contributed by atoms with van der Waals surface area (Å²) in [5, 5.41) is 3.96. The van der Waals surface area contributed by atoms with Crippen molar-refractivity contribution >= 4 is 11.6 Å². The van der Waals surface area contributed by atoms with E-state index in [1.54, 1.807) is 7.11 Å². The van der Waals surface area contributed by atoms with Gasteiger partial charge in [0.25, 0.3) is 0 Å². The Hall–Kier alpha value is -1.33. The van der Waals surface area contributed by atoms with Gasteiger partial charge in [-0.05, 0) is 24.3 Å². The molecule has 0 amide bonds. The fourth-order valence-corrected chi connectivity index (χ4v) is 2.11. The van der Waals surface area contributed by atoms with E-state index in [1.807, 2.05) is 36.4 Å². The van der Waals surface area contributed by atoms with Crippen molar-refractivity contribution < 1.29 is 13.9 Å². The topological polar surface area (TPSA) is 43.6 Å². The first-order valence-corrected chi connectivity index (χ1v) is 7.30. The summed E-state index contributed by atoms with van der Waals surface area (Å²) in [4.78, 5) is 0. The maximum absolute atomic E-state index is 6.15. The third kappa shape index (κ3) is 5.17. The normalized spacial score (nSPS) is 11.0. The van der Waals surface area contributed by atoms with Crippen LogP contribution in [0.1, 0.15) is 5.76 Å². The molecule has 0 saturated carbocycles. The molecule has 5 heteroatoms. The Kier molecular flexibility index (Phi) is 6.76. The number of hydrogen-bond donors (Lipinski definition) is 1. The van der Waals surface area contributed by atoms with Crippen molar-refractivity contribution in [3.8, 4) is 11.3 Å². The maximum Gasteiger partial charge on any atom is 0.135 e. The molecule has 114 valence electrons. The van der Waals surface area contributed by atoms with E-state index < -0.39 is 0 Å². The van der Waals surface area contributed by atoms with Crippen LogP contribution in [0, 0.1) is 0 Å². The van der Waals surface area contributed by atoms with Gasteiger partial charge in [0.15, 0.2) is 0 Å². The summed E-state index contributed by atoms with van der Waals surface area (Å²) in [5.74, 6) is 1.66. The Morgan fingerprint density at radius 1 is 1.10 bits per heavy atom. The van der Waals surface area contributed by atoms with Gasteiger partial charge in [0.2, 0.25) is 0 Å². The Labute approximate surface area is 130 Å². The molecule has 0 fully saturated rings. The lowest BCUT2D eigenvalue weighted by molar-refractivity contribution is 0.0717. The maximum atomic E-state index is 6.15. The van der Waals surface area contributed by atoms with Crippen molar-refractivity contribution in [3.05, 3.63) is 47.2 Å². The first-order chi connectivity index (χ1) is 10.3. The second-order valence-corrected chi connectivity index (χ2v) is 4.93. The summed E-state index contributed by atoms with van der Waals surface area (Å²) in [6.07, 6.45) is 0. The number of rotatable bonds is 9. The largest absolute Gasteiger partial charge is 0.460 e. The zero-order chi connectivity index (χ0) is 14.9. The smallest absolute Gasteiger partial charge is 0.135 e. The van der Waals surface area contributed by atoms with Crippen molar-refractivity contribution in [2.45, 2.75) is 6.54 Å². The Morgan fingerprint density at radius 3 is 2.76 bits per heavy atom. The van der Waals surface area contributed by atoms with Gasteiger partial charge < -0.3 is 19.2 Å². The molecule has 0 unspecified atom stereocenters. The van der Waals surface area contributed by atoms with Crippen LogP contribution in [0.15, 0.2) is 40.8 Å². The number of nitrogens with one attached hydrogen (secondary N) is 1. The Morgan fingerprint density at radius 2 is 1.95 bits per heavy atom. The Balaban J connectivity index is 1.75. The molecular weight excluding hydrogens is 290 g/mol. The third-order valence-corrected chi connectivity index (χ3v) is 3.28. The summed E-state index contributed by atoms with van der Waals surface area (Å²) < 4.78 is 16.1. The minimum absolute atomic E-state index is 0.621. The molecule has 21 heavy (non-hydrogen) atoms. The highest BCUT2D eigenvalue weighted by Crippen LogP contribution is 2.28. The van der Waals surface area contributed by atoms with E-state index in [4.69, 9.17) is 25.5 Å². The summed E-state index contributed by atoms with van der Waals surface area (Å²) in [6, 6.07) is 11.5. The molecule has 0 aliphatic rings. The van der Waals surface area contributed by atoms with Crippen molar-refractivity contribution in [1.82, 2.24) is 5.32 Å². The van der Waals surface area contributed by atoms with Gasteiger partial charge >= 0.3 is 0 Å². The van der Waals surface area contributed by atoms with Gasteiger partial charge in [-0.25, -0.2) is 0 Å². The van der Waals surface area contributed by atoms with E-state index in [0.29, 0.717) is 31.4 Å². The average Bonchev–Trinajstić information content (AvgIpc) is 2.95. The highest BCUT2D eigenvalue weighted by molar-refractivity contribution is 6.33. The molecule has 0 bridgehead atoms. The predicted octanol–water partition coefficient (Wildman–Crippen LogP) is 3.35. The first-order valence-electron chi connectivity index (χ1n) is 6.92. The van der Waals surface area contributed by atoms with Gasteiger partial charge in [0.1, 0.15) is 11.5 Å². The van der Waals surface area contributed by atoms with Gasteiger partial charge in [0.05, 0.1) is 31.4 Å². The number of furan rings is 1. The number of methoxy groups -OCH3 is 1. The summed E-state index contributed by atoms with van der Waals surface area (Å²) in [5.41, 5.74) is 0.910. The quantitative estimate of drug-likeness (QED) is 0.721. The molecular formula is C16H20ClNO3. The monoisotopic (exact) mass is 309 g/mol. The molecule has 0 aliphatic carbocycles. The highest BCUT2D eigenvalue weighted by atomic mass is 35.5. The molecule has 1 heterocycles. The second kappa shape index (κ2) is 8.85. The molecule has 0 aliphatic heterocycles. The minimum Gasteiger partial charge on any atom is -0.460 e. The van der Waals surface area contributed by atoms with Gasteiger partial charge in [-0.3, -0.25) is 0 Å². The molecule has 0 saturated heterocycles. The summed E-state index contributed by atoms with van der Waals surface area (Å²) in [6.45, 7) is 3.33. The molecule has 0 radical (unpaired) electrons. The highest BCUT2D eigenvalue weighted by Gasteiger charge is 2.07. The number of ether oxygens (including phenoxy) is 2. The zero-order valence-electron chi connectivity index (χ0n) is 12.1. The van der Waals surface area contributed by atoms with E-state index >= 15 is 0 Å². The van der Waals surface area contributed by atoms with E-state index in [1.165, 1.54) is 0 Å². The van der Waals surface area contributed by atoms with Crippen LogP contribution in [0.3, 0.4) is 0 Å². The molecule has 2 aromatic rings. The van der Waals surface area contributed by atoms with Crippen molar-refractivity contribution in [2.24, 2.45) is 0 Å². The lowest BCUT2D eigenvalue weighted by Crippen LogP contribution is -2.19. The number of hydrogen-bond acceptors (Lipinski definition) is 4. The molecule has 1 N–H and O–H groups in total. The average molecular weight is 310 g/mol. The van der Waals surface area contributed by atoms with Crippen LogP contribution in [0.4, 0.5) is 0 Å². The second-order valence-electron chi connectivity index (χ2n) is 4.53. The lowest BCUT2D eigenvalue weighted by Gasteiger charge is -2.04. The molecule has 4 nitrogen and oxygen atoms in total. The summed E-state index contributed by atoms with van der Waals surface area (Å²) in [7, 11) is 1.66. The fourth-order valence-electron chi connectivity index (χ4n) is 1.88. The van der Waals surface area contributed by atoms with E-state index in [2.05, 4.69) is 5.32 Å². The van der Waals surface area contributed by atoms with Crippen LogP contribution in [0.25, 0.3) is 11.3 Å². The van der Waals surface area contributed by atoms with Gasteiger partial charge in [-0.15, -0.1) is 0 Å². The minimum atomic E-state index is 0.621. The fraction of sp³-hybridized carbons (Fsp3) is 0.375. The third-order valence-electron chi connectivity index (χ3n) is 2.96. The molecule has 1 aromatic heterocycles. The SMILES string of the molecule is COCCOCCNCc1ccc(-c2ccccc2Cl)o1. The van der Waals surface area contributed by atoms with Crippen LogP contribution in [0.2, 0.25) is 5.02 Å². The molecule has 2 rings (SSSR count). The van der Waals surface area contributed by atoms with Crippen LogP contribution >= 0.6 is 11.6 Å². The van der Waals surface area contributed by atoms with E-state index in [9.17, 15) is 0 Å². The van der Waals surface area contributed by atoms with Gasteiger partial charge in [-0.1, -0.05) is 23.7 Å². The van der Waals surface area contributed by atoms with Crippen LogP contribution in [0.5, 0.6) is 0 Å². The van der Waals surface area contributed by atoms with Crippen LogP contribution in [-0.4, -0.2) is 33.5 Å². The number of benzene rings is 1. The van der Waals surface area contributed by atoms with Crippen LogP contribution in [-0.2, 0) is 16.0 Å².